The van der Waals surface area contributed by atoms with Gasteiger partial charge in [-0.1, -0.05) is 43.5 Å². The van der Waals surface area contributed by atoms with Crippen LogP contribution in [-0.2, 0) is 6.42 Å². The fraction of sp³-hybridized carbons (Fsp3) is 0.625. The summed E-state index contributed by atoms with van der Waals surface area (Å²) >= 11 is 0. The summed E-state index contributed by atoms with van der Waals surface area (Å²) in [6.45, 7) is 1.12. The summed E-state index contributed by atoms with van der Waals surface area (Å²) in [5.74, 6) is 0.843. The smallest absolute Gasteiger partial charge is 0.00488 e. The normalized spacial score (nSPS) is 17.2. The standard InChI is InChI=1S/C16H25N/c1-17-13-5-6-14-9-11-16(12-10-14)15-7-3-2-4-8-15/h9-12,15,17H,2-8,13H2,1H3. The van der Waals surface area contributed by atoms with E-state index in [0.717, 1.165) is 12.5 Å². The highest BCUT2D eigenvalue weighted by molar-refractivity contribution is 5.25. The quantitative estimate of drug-likeness (QED) is 0.758. The zero-order valence-electron chi connectivity index (χ0n) is 11.0. The Morgan fingerprint density at radius 1 is 1.06 bits per heavy atom. The summed E-state index contributed by atoms with van der Waals surface area (Å²) in [6.07, 6.45) is 9.53. The summed E-state index contributed by atoms with van der Waals surface area (Å²) in [4.78, 5) is 0. The molecular formula is C16H25N. The molecule has 1 heteroatoms. The van der Waals surface area contributed by atoms with Gasteiger partial charge in [-0.2, -0.15) is 0 Å². The van der Waals surface area contributed by atoms with E-state index in [1.807, 2.05) is 7.05 Å². The van der Waals surface area contributed by atoms with Gasteiger partial charge >= 0.3 is 0 Å². The Bertz CT molecular complexity index is 309. The Morgan fingerprint density at radius 3 is 2.41 bits per heavy atom. The molecule has 0 aromatic heterocycles. The first-order chi connectivity index (χ1) is 8.40. The topological polar surface area (TPSA) is 12.0 Å². The number of benzene rings is 1. The van der Waals surface area contributed by atoms with Crippen LogP contribution in [0.5, 0.6) is 0 Å². The van der Waals surface area contributed by atoms with Crippen LogP contribution < -0.4 is 5.32 Å². The van der Waals surface area contributed by atoms with Crippen LogP contribution in [-0.4, -0.2) is 13.6 Å². The van der Waals surface area contributed by atoms with Crippen LogP contribution in [0.1, 0.15) is 55.6 Å². The van der Waals surface area contributed by atoms with E-state index in [9.17, 15) is 0 Å². The summed E-state index contributed by atoms with van der Waals surface area (Å²) < 4.78 is 0. The van der Waals surface area contributed by atoms with E-state index in [2.05, 4.69) is 29.6 Å². The van der Waals surface area contributed by atoms with Crippen molar-refractivity contribution in [3.63, 3.8) is 0 Å². The molecule has 1 aromatic rings. The van der Waals surface area contributed by atoms with Gasteiger partial charge in [-0.05, 0) is 56.3 Å². The highest BCUT2D eigenvalue weighted by Crippen LogP contribution is 2.32. The van der Waals surface area contributed by atoms with Crippen molar-refractivity contribution >= 4 is 0 Å². The summed E-state index contributed by atoms with van der Waals surface area (Å²) in [7, 11) is 2.02. The van der Waals surface area contributed by atoms with Crippen LogP contribution in [0, 0.1) is 0 Å². The van der Waals surface area contributed by atoms with Crippen molar-refractivity contribution < 1.29 is 0 Å². The van der Waals surface area contributed by atoms with E-state index in [4.69, 9.17) is 0 Å². The lowest BCUT2D eigenvalue weighted by atomic mass is 9.84. The molecular weight excluding hydrogens is 206 g/mol. The largest absolute Gasteiger partial charge is 0.320 e. The van der Waals surface area contributed by atoms with Crippen LogP contribution in [0.2, 0.25) is 0 Å². The van der Waals surface area contributed by atoms with E-state index < -0.39 is 0 Å². The number of aryl methyl sites for hydroxylation is 1. The maximum atomic E-state index is 3.20. The molecule has 0 amide bonds. The second-order valence-electron chi connectivity index (χ2n) is 5.28. The first-order valence-corrected chi connectivity index (χ1v) is 7.13. The van der Waals surface area contributed by atoms with E-state index in [1.165, 1.54) is 50.5 Å². The average Bonchev–Trinajstić information content (AvgIpc) is 2.41. The average molecular weight is 231 g/mol. The molecule has 0 saturated heterocycles. The molecule has 0 spiro atoms. The minimum absolute atomic E-state index is 0.843. The fourth-order valence-electron chi connectivity index (χ4n) is 2.86. The van der Waals surface area contributed by atoms with Crippen molar-refractivity contribution in [2.45, 2.75) is 50.9 Å². The second-order valence-corrected chi connectivity index (χ2v) is 5.28. The third-order valence-corrected chi connectivity index (χ3v) is 3.95. The summed E-state index contributed by atoms with van der Waals surface area (Å²) in [5.41, 5.74) is 3.06. The van der Waals surface area contributed by atoms with Crippen LogP contribution in [0.3, 0.4) is 0 Å². The Labute approximate surface area is 106 Å². The molecule has 1 nitrogen and oxygen atoms in total. The van der Waals surface area contributed by atoms with Crippen molar-refractivity contribution in [3.05, 3.63) is 35.4 Å². The predicted molar refractivity (Wildman–Crippen MR) is 74.5 cm³/mol. The van der Waals surface area contributed by atoms with Crippen molar-refractivity contribution in [2.24, 2.45) is 0 Å². The van der Waals surface area contributed by atoms with Crippen molar-refractivity contribution in [3.8, 4) is 0 Å². The summed E-state index contributed by atoms with van der Waals surface area (Å²) in [6, 6.07) is 9.40. The van der Waals surface area contributed by atoms with Crippen LogP contribution in [0.15, 0.2) is 24.3 Å². The third kappa shape index (κ3) is 3.85. The maximum Gasteiger partial charge on any atom is -0.00488 e. The van der Waals surface area contributed by atoms with Gasteiger partial charge in [0, 0.05) is 0 Å². The number of nitrogens with one attached hydrogen (secondary N) is 1. The van der Waals surface area contributed by atoms with Gasteiger partial charge in [-0.15, -0.1) is 0 Å². The Kier molecular flexibility index (Phi) is 5.06. The highest BCUT2D eigenvalue weighted by atomic mass is 14.8. The van der Waals surface area contributed by atoms with E-state index in [-0.39, 0.29) is 0 Å². The molecule has 0 unspecified atom stereocenters. The highest BCUT2D eigenvalue weighted by Gasteiger charge is 2.14. The molecule has 1 aliphatic rings. The Hall–Kier alpha value is -0.820. The fourth-order valence-corrected chi connectivity index (χ4v) is 2.86. The molecule has 0 bridgehead atoms. The molecule has 1 N–H and O–H groups in total. The van der Waals surface area contributed by atoms with Crippen LogP contribution in [0.25, 0.3) is 0 Å². The van der Waals surface area contributed by atoms with E-state index in [0.29, 0.717) is 0 Å². The van der Waals surface area contributed by atoms with Gasteiger partial charge in [0.25, 0.3) is 0 Å². The van der Waals surface area contributed by atoms with Gasteiger partial charge in [0.15, 0.2) is 0 Å². The Balaban J connectivity index is 1.88. The zero-order chi connectivity index (χ0) is 11.9. The number of hydrogen-bond donors (Lipinski definition) is 1. The molecule has 1 aliphatic carbocycles. The number of rotatable bonds is 5. The predicted octanol–water partition coefficient (Wildman–Crippen LogP) is 3.89. The molecule has 1 fully saturated rings. The molecule has 0 heterocycles. The summed E-state index contributed by atoms with van der Waals surface area (Å²) in [5, 5.41) is 3.20. The third-order valence-electron chi connectivity index (χ3n) is 3.95. The van der Waals surface area contributed by atoms with Gasteiger partial charge in [0.1, 0.15) is 0 Å². The van der Waals surface area contributed by atoms with E-state index >= 15 is 0 Å². The lowest BCUT2D eigenvalue weighted by Crippen LogP contribution is -2.08. The lowest BCUT2D eigenvalue weighted by molar-refractivity contribution is 0.443. The van der Waals surface area contributed by atoms with Gasteiger partial charge < -0.3 is 5.32 Å². The van der Waals surface area contributed by atoms with Crippen LogP contribution in [0.4, 0.5) is 0 Å². The van der Waals surface area contributed by atoms with Crippen molar-refractivity contribution in [2.75, 3.05) is 13.6 Å². The first-order valence-electron chi connectivity index (χ1n) is 7.13. The molecule has 94 valence electrons. The van der Waals surface area contributed by atoms with Gasteiger partial charge in [-0.3, -0.25) is 0 Å². The molecule has 0 atom stereocenters. The molecule has 2 rings (SSSR count). The van der Waals surface area contributed by atoms with Gasteiger partial charge in [0.2, 0.25) is 0 Å². The minimum Gasteiger partial charge on any atom is -0.320 e. The first kappa shape index (κ1) is 12.6. The minimum atomic E-state index is 0.843. The van der Waals surface area contributed by atoms with E-state index in [1.54, 1.807) is 5.56 Å². The SMILES string of the molecule is CNCCCc1ccc(C2CCCCC2)cc1. The monoisotopic (exact) mass is 231 g/mol. The number of hydrogen-bond acceptors (Lipinski definition) is 1. The molecule has 1 saturated carbocycles. The zero-order valence-corrected chi connectivity index (χ0v) is 11.0. The molecule has 0 radical (unpaired) electrons. The van der Waals surface area contributed by atoms with Gasteiger partial charge in [0.05, 0.1) is 0 Å². The molecule has 17 heavy (non-hydrogen) atoms. The lowest BCUT2D eigenvalue weighted by Gasteiger charge is -2.22. The second kappa shape index (κ2) is 6.80. The van der Waals surface area contributed by atoms with Crippen molar-refractivity contribution in [1.82, 2.24) is 5.32 Å². The van der Waals surface area contributed by atoms with Gasteiger partial charge in [-0.25, -0.2) is 0 Å². The van der Waals surface area contributed by atoms with Crippen LogP contribution >= 0.6 is 0 Å². The maximum absolute atomic E-state index is 3.20. The Morgan fingerprint density at radius 2 is 1.76 bits per heavy atom. The van der Waals surface area contributed by atoms with Crippen molar-refractivity contribution in [1.29, 1.82) is 0 Å². The molecule has 0 aliphatic heterocycles. The molecule has 1 aromatic carbocycles.